The summed E-state index contributed by atoms with van der Waals surface area (Å²) in [6.07, 6.45) is 0.969. The molecular formula is C18H21NO2. The maximum absolute atomic E-state index is 12.2. The van der Waals surface area contributed by atoms with Crippen LogP contribution in [-0.2, 0) is 0 Å². The zero-order valence-electron chi connectivity index (χ0n) is 12.5. The molecule has 3 nitrogen and oxygen atoms in total. The van der Waals surface area contributed by atoms with Crippen LogP contribution in [0.2, 0.25) is 0 Å². The Hall–Kier alpha value is -2.29. The molecule has 1 atom stereocenters. The molecule has 110 valence electrons. The molecule has 0 aliphatic carbocycles. The SMILES string of the molecule is CCCOc1ccc(C(=O)NC(C)c2ccccc2)cc1. The van der Waals surface area contributed by atoms with Crippen LogP contribution in [0.5, 0.6) is 5.75 Å². The molecule has 1 unspecified atom stereocenters. The molecule has 1 amide bonds. The summed E-state index contributed by atoms with van der Waals surface area (Å²) < 4.78 is 5.51. The van der Waals surface area contributed by atoms with Gasteiger partial charge in [-0.3, -0.25) is 4.79 Å². The Morgan fingerprint density at radius 2 is 1.76 bits per heavy atom. The first-order valence-electron chi connectivity index (χ1n) is 7.29. The number of benzene rings is 2. The van der Waals surface area contributed by atoms with Gasteiger partial charge >= 0.3 is 0 Å². The monoisotopic (exact) mass is 283 g/mol. The molecule has 2 aromatic rings. The zero-order chi connectivity index (χ0) is 15.1. The Bertz CT molecular complexity index is 564. The number of nitrogens with one attached hydrogen (secondary N) is 1. The van der Waals surface area contributed by atoms with Crippen molar-refractivity contribution in [3.8, 4) is 5.75 Å². The Morgan fingerprint density at radius 1 is 1.10 bits per heavy atom. The van der Waals surface area contributed by atoms with Gasteiger partial charge < -0.3 is 10.1 Å². The minimum absolute atomic E-state index is 0.0188. The highest BCUT2D eigenvalue weighted by atomic mass is 16.5. The zero-order valence-corrected chi connectivity index (χ0v) is 12.5. The average molecular weight is 283 g/mol. The van der Waals surface area contributed by atoms with Crippen molar-refractivity contribution < 1.29 is 9.53 Å². The number of carbonyl (C=O) groups excluding carboxylic acids is 1. The fourth-order valence-electron chi connectivity index (χ4n) is 2.03. The topological polar surface area (TPSA) is 38.3 Å². The minimum Gasteiger partial charge on any atom is -0.494 e. The van der Waals surface area contributed by atoms with Crippen LogP contribution in [0.15, 0.2) is 54.6 Å². The van der Waals surface area contributed by atoms with E-state index in [0.29, 0.717) is 12.2 Å². The van der Waals surface area contributed by atoms with Crippen molar-refractivity contribution in [1.82, 2.24) is 5.32 Å². The number of amides is 1. The second kappa shape index (κ2) is 7.48. The highest BCUT2D eigenvalue weighted by Crippen LogP contribution is 2.15. The van der Waals surface area contributed by atoms with E-state index in [1.165, 1.54) is 0 Å². The number of carbonyl (C=O) groups is 1. The quantitative estimate of drug-likeness (QED) is 0.871. The van der Waals surface area contributed by atoms with Crippen LogP contribution in [0.3, 0.4) is 0 Å². The molecule has 3 heteroatoms. The Labute approximate surface area is 126 Å². The minimum atomic E-state index is -0.0756. The smallest absolute Gasteiger partial charge is 0.251 e. The third-order valence-corrected chi connectivity index (χ3v) is 3.24. The molecule has 0 spiro atoms. The molecule has 0 aliphatic heterocycles. The highest BCUT2D eigenvalue weighted by Gasteiger charge is 2.11. The van der Waals surface area contributed by atoms with E-state index in [1.807, 2.05) is 49.4 Å². The number of hydrogen-bond acceptors (Lipinski definition) is 2. The average Bonchev–Trinajstić information content (AvgIpc) is 2.54. The lowest BCUT2D eigenvalue weighted by molar-refractivity contribution is 0.0940. The van der Waals surface area contributed by atoms with Gasteiger partial charge in [-0.2, -0.15) is 0 Å². The Morgan fingerprint density at radius 3 is 2.38 bits per heavy atom. The number of ether oxygens (including phenoxy) is 1. The van der Waals surface area contributed by atoms with Gasteiger partial charge in [-0.25, -0.2) is 0 Å². The van der Waals surface area contributed by atoms with E-state index in [9.17, 15) is 4.79 Å². The van der Waals surface area contributed by atoms with Gasteiger partial charge in [0, 0.05) is 5.56 Å². The van der Waals surface area contributed by atoms with Crippen molar-refractivity contribution in [2.45, 2.75) is 26.3 Å². The third-order valence-electron chi connectivity index (χ3n) is 3.24. The number of hydrogen-bond donors (Lipinski definition) is 1. The first-order chi connectivity index (χ1) is 10.2. The largest absolute Gasteiger partial charge is 0.494 e. The van der Waals surface area contributed by atoms with Gasteiger partial charge in [0.05, 0.1) is 12.6 Å². The second-order valence-electron chi connectivity index (χ2n) is 4.98. The van der Waals surface area contributed by atoms with Gasteiger partial charge in [0.25, 0.3) is 5.91 Å². The molecule has 0 aromatic heterocycles. The van der Waals surface area contributed by atoms with Crippen LogP contribution in [0.1, 0.15) is 42.2 Å². The first-order valence-corrected chi connectivity index (χ1v) is 7.29. The summed E-state index contributed by atoms with van der Waals surface area (Å²) in [5.74, 6) is 0.720. The standard InChI is InChI=1S/C18H21NO2/c1-3-13-21-17-11-9-16(10-12-17)18(20)19-14(2)15-7-5-4-6-8-15/h4-12,14H,3,13H2,1-2H3,(H,19,20). The Balaban J connectivity index is 1.97. The molecule has 1 N–H and O–H groups in total. The van der Waals surface area contributed by atoms with E-state index in [0.717, 1.165) is 17.7 Å². The molecule has 2 aromatic carbocycles. The molecule has 0 bridgehead atoms. The van der Waals surface area contributed by atoms with Gasteiger partial charge in [0.15, 0.2) is 0 Å². The maximum Gasteiger partial charge on any atom is 0.251 e. The van der Waals surface area contributed by atoms with Crippen molar-refractivity contribution in [2.24, 2.45) is 0 Å². The highest BCUT2D eigenvalue weighted by molar-refractivity contribution is 5.94. The van der Waals surface area contributed by atoms with Crippen molar-refractivity contribution in [1.29, 1.82) is 0 Å². The summed E-state index contributed by atoms with van der Waals surface area (Å²) >= 11 is 0. The summed E-state index contributed by atoms with van der Waals surface area (Å²) in [7, 11) is 0. The molecule has 0 aliphatic rings. The third kappa shape index (κ3) is 4.35. The predicted molar refractivity (Wildman–Crippen MR) is 84.6 cm³/mol. The second-order valence-corrected chi connectivity index (χ2v) is 4.98. The van der Waals surface area contributed by atoms with Crippen LogP contribution in [0.25, 0.3) is 0 Å². The van der Waals surface area contributed by atoms with E-state index in [1.54, 1.807) is 12.1 Å². The summed E-state index contributed by atoms with van der Waals surface area (Å²) in [6.45, 7) is 4.73. The van der Waals surface area contributed by atoms with Crippen LogP contribution in [0.4, 0.5) is 0 Å². The van der Waals surface area contributed by atoms with Crippen LogP contribution < -0.4 is 10.1 Å². The molecule has 0 radical (unpaired) electrons. The van der Waals surface area contributed by atoms with Crippen molar-refractivity contribution in [2.75, 3.05) is 6.61 Å². The summed E-state index contributed by atoms with van der Waals surface area (Å²) in [5.41, 5.74) is 1.73. The number of rotatable bonds is 6. The van der Waals surface area contributed by atoms with Crippen molar-refractivity contribution in [3.05, 3.63) is 65.7 Å². The fraction of sp³-hybridized carbons (Fsp3) is 0.278. The van der Waals surface area contributed by atoms with E-state index in [4.69, 9.17) is 4.74 Å². The molecule has 0 heterocycles. The predicted octanol–water partition coefficient (Wildman–Crippen LogP) is 3.97. The van der Waals surface area contributed by atoms with Gasteiger partial charge in [-0.1, -0.05) is 37.3 Å². The van der Waals surface area contributed by atoms with Crippen LogP contribution >= 0.6 is 0 Å². The lowest BCUT2D eigenvalue weighted by Gasteiger charge is -2.14. The molecule has 21 heavy (non-hydrogen) atoms. The van der Waals surface area contributed by atoms with E-state index in [-0.39, 0.29) is 11.9 Å². The molecule has 0 saturated heterocycles. The lowest BCUT2D eigenvalue weighted by atomic mass is 10.1. The summed E-state index contributed by atoms with van der Waals surface area (Å²) in [4.78, 5) is 12.2. The summed E-state index contributed by atoms with van der Waals surface area (Å²) in [5, 5.41) is 3.00. The van der Waals surface area contributed by atoms with Crippen LogP contribution in [-0.4, -0.2) is 12.5 Å². The molecule has 0 saturated carbocycles. The lowest BCUT2D eigenvalue weighted by Crippen LogP contribution is -2.26. The van der Waals surface area contributed by atoms with Crippen LogP contribution in [0, 0.1) is 0 Å². The fourth-order valence-corrected chi connectivity index (χ4v) is 2.03. The maximum atomic E-state index is 12.2. The van der Waals surface area contributed by atoms with Gasteiger partial charge in [-0.15, -0.1) is 0 Å². The normalized spacial score (nSPS) is 11.7. The van der Waals surface area contributed by atoms with E-state index in [2.05, 4.69) is 12.2 Å². The molecule has 2 rings (SSSR count). The van der Waals surface area contributed by atoms with Gasteiger partial charge in [-0.05, 0) is 43.2 Å². The Kier molecular flexibility index (Phi) is 5.38. The van der Waals surface area contributed by atoms with E-state index >= 15 is 0 Å². The van der Waals surface area contributed by atoms with Crippen molar-refractivity contribution >= 4 is 5.91 Å². The van der Waals surface area contributed by atoms with Gasteiger partial charge in [0.1, 0.15) is 5.75 Å². The molecule has 0 fully saturated rings. The van der Waals surface area contributed by atoms with E-state index < -0.39 is 0 Å². The van der Waals surface area contributed by atoms with Gasteiger partial charge in [0.2, 0.25) is 0 Å². The summed E-state index contributed by atoms with van der Waals surface area (Å²) in [6, 6.07) is 17.1. The molecular weight excluding hydrogens is 262 g/mol. The van der Waals surface area contributed by atoms with Crippen molar-refractivity contribution in [3.63, 3.8) is 0 Å². The first kappa shape index (κ1) is 15.1.